The fraction of sp³-hybridized carbons (Fsp3) is 0.0968. The standard InChI is InChI=1S/C62H46/c1-61(2)55-28-16-14-25-50(55)60-51(26-17-29-56(60)61)59-48-24-12-11-23-47(48)58(43-32-33-44(39-18-7-5-8-19-39)52(37-43)40-20-9-6-10-21-40)49-35-31-41(36-53(49)59)42-30-34-46-45-22-13-15-27-54(45)62(3,4)57(46)38-42/h5-38H,1-4H3. The van der Waals surface area contributed by atoms with Gasteiger partial charge >= 0.3 is 0 Å². The maximum absolute atomic E-state index is 2.50. The molecular weight excluding hydrogens is 745 g/mol. The molecule has 0 atom stereocenters. The molecular formula is C62H46. The van der Waals surface area contributed by atoms with E-state index in [-0.39, 0.29) is 10.8 Å². The fourth-order valence-electron chi connectivity index (χ4n) is 11.2. The van der Waals surface area contributed by atoms with Gasteiger partial charge in [0.05, 0.1) is 0 Å². The van der Waals surface area contributed by atoms with Gasteiger partial charge in [0.25, 0.3) is 0 Å². The van der Waals surface area contributed by atoms with Crippen LogP contribution in [0.15, 0.2) is 206 Å². The molecule has 0 bridgehead atoms. The second kappa shape index (κ2) is 13.6. The molecule has 0 nitrogen and oxygen atoms in total. The molecule has 2 aliphatic rings. The Morgan fingerprint density at radius 1 is 0.226 bits per heavy atom. The third-order valence-electron chi connectivity index (χ3n) is 14.3. The number of fused-ring (bicyclic) bond motifs is 8. The second-order valence-corrected chi connectivity index (χ2v) is 18.4. The van der Waals surface area contributed by atoms with Gasteiger partial charge in [0, 0.05) is 10.8 Å². The minimum Gasteiger partial charge on any atom is -0.0622 e. The lowest BCUT2D eigenvalue weighted by atomic mass is 9.80. The lowest BCUT2D eigenvalue weighted by Crippen LogP contribution is -2.14. The van der Waals surface area contributed by atoms with Gasteiger partial charge in [-0.1, -0.05) is 216 Å². The molecule has 62 heavy (non-hydrogen) atoms. The Kier molecular flexibility index (Phi) is 8.03. The van der Waals surface area contributed by atoms with Gasteiger partial charge in [-0.2, -0.15) is 0 Å². The molecule has 0 amide bonds. The van der Waals surface area contributed by atoms with Crippen LogP contribution in [0.3, 0.4) is 0 Å². The Labute approximate surface area is 364 Å². The number of hydrogen-bond acceptors (Lipinski definition) is 0. The van der Waals surface area contributed by atoms with Gasteiger partial charge in [0.2, 0.25) is 0 Å². The molecule has 0 saturated heterocycles. The van der Waals surface area contributed by atoms with E-state index in [9.17, 15) is 0 Å². The number of hydrogen-bond donors (Lipinski definition) is 0. The zero-order valence-electron chi connectivity index (χ0n) is 35.6. The van der Waals surface area contributed by atoms with Crippen molar-refractivity contribution in [3.63, 3.8) is 0 Å². The molecule has 0 unspecified atom stereocenters. The molecule has 0 N–H and O–H groups in total. The molecule has 10 aromatic carbocycles. The summed E-state index contributed by atoms with van der Waals surface area (Å²) in [7, 11) is 0. The monoisotopic (exact) mass is 790 g/mol. The largest absolute Gasteiger partial charge is 0.0622 e. The van der Waals surface area contributed by atoms with E-state index in [2.05, 4.69) is 234 Å². The Morgan fingerprint density at radius 2 is 0.710 bits per heavy atom. The lowest BCUT2D eigenvalue weighted by Gasteiger charge is -2.23. The molecule has 0 heterocycles. The fourth-order valence-corrected chi connectivity index (χ4v) is 11.2. The average molecular weight is 791 g/mol. The summed E-state index contributed by atoms with van der Waals surface area (Å²) < 4.78 is 0. The first-order valence-corrected chi connectivity index (χ1v) is 22.0. The van der Waals surface area contributed by atoms with E-state index in [4.69, 9.17) is 0 Å². The van der Waals surface area contributed by atoms with Gasteiger partial charge in [-0.3, -0.25) is 0 Å². The van der Waals surface area contributed by atoms with E-state index in [0.29, 0.717) is 0 Å². The second-order valence-electron chi connectivity index (χ2n) is 18.4. The summed E-state index contributed by atoms with van der Waals surface area (Å²) in [5.41, 5.74) is 23.2. The van der Waals surface area contributed by atoms with E-state index < -0.39 is 0 Å². The number of rotatable bonds is 5. The van der Waals surface area contributed by atoms with Crippen molar-refractivity contribution in [2.45, 2.75) is 38.5 Å². The van der Waals surface area contributed by atoms with Crippen molar-refractivity contribution in [3.8, 4) is 77.9 Å². The highest BCUT2D eigenvalue weighted by Gasteiger charge is 2.38. The van der Waals surface area contributed by atoms with Gasteiger partial charge in [-0.15, -0.1) is 0 Å². The zero-order chi connectivity index (χ0) is 41.7. The Balaban J connectivity index is 1.17. The van der Waals surface area contributed by atoms with Crippen LogP contribution in [-0.4, -0.2) is 0 Å². The quantitative estimate of drug-likeness (QED) is 0.152. The lowest BCUT2D eigenvalue weighted by molar-refractivity contribution is 0.660. The predicted molar refractivity (Wildman–Crippen MR) is 264 cm³/mol. The summed E-state index contributed by atoms with van der Waals surface area (Å²) in [6.45, 7) is 9.52. The smallest absolute Gasteiger partial charge is 0.0159 e. The summed E-state index contributed by atoms with van der Waals surface area (Å²) in [5.74, 6) is 0. The van der Waals surface area contributed by atoms with Crippen molar-refractivity contribution in [2.24, 2.45) is 0 Å². The Hall–Kier alpha value is -7.28. The SMILES string of the molecule is CC1(C)c2ccccc2-c2ccc(-c3ccc4c(-c5ccc(-c6ccccc6)c(-c6ccccc6)c5)c5ccccc5c(-c5cccc6c5-c5ccccc5C6(C)C)c4c3)cc21. The molecule has 12 rings (SSSR count). The maximum Gasteiger partial charge on any atom is 0.0159 e. The first kappa shape index (κ1) is 36.6. The van der Waals surface area contributed by atoms with Gasteiger partial charge in [0.1, 0.15) is 0 Å². The van der Waals surface area contributed by atoms with Crippen LogP contribution >= 0.6 is 0 Å². The highest BCUT2D eigenvalue weighted by Crippen LogP contribution is 2.55. The highest BCUT2D eigenvalue weighted by molar-refractivity contribution is 6.23. The van der Waals surface area contributed by atoms with Crippen molar-refractivity contribution in [1.82, 2.24) is 0 Å². The van der Waals surface area contributed by atoms with Gasteiger partial charge in [-0.05, 0) is 140 Å². The summed E-state index contributed by atoms with van der Waals surface area (Å²) in [4.78, 5) is 0. The van der Waals surface area contributed by atoms with E-state index in [1.807, 2.05) is 0 Å². The third-order valence-corrected chi connectivity index (χ3v) is 14.3. The molecule has 294 valence electrons. The van der Waals surface area contributed by atoms with Crippen LogP contribution < -0.4 is 0 Å². The minimum atomic E-state index is -0.109. The van der Waals surface area contributed by atoms with Crippen LogP contribution in [0.4, 0.5) is 0 Å². The van der Waals surface area contributed by atoms with Gasteiger partial charge in [-0.25, -0.2) is 0 Å². The van der Waals surface area contributed by atoms with Gasteiger partial charge in [0.15, 0.2) is 0 Å². The summed E-state index contributed by atoms with van der Waals surface area (Å²) in [6.07, 6.45) is 0. The van der Waals surface area contributed by atoms with E-state index >= 15 is 0 Å². The molecule has 2 aliphatic carbocycles. The highest BCUT2D eigenvalue weighted by atomic mass is 14.4. The Bertz CT molecular complexity index is 3440. The van der Waals surface area contributed by atoms with Crippen molar-refractivity contribution in [3.05, 3.63) is 229 Å². The van der Waals surface area contributed by atoms with Crippen LogP contribution in [-0.2, 0) is 10.8 Å². The van der Waals surface area contributed by atoms with Crippen molar-refractivity contribution in [1.29, 1.82) is 0 Å². The minimum absolute atomic E-state index is 0.0829. The maximum atomic E-state index is 2.50. The molecule has 10 aromatic rings. The van der Waals surface area contributed by atoms with Crippen LogP contribution in [0.2, 0.25) is 0 Å². The third kappa shape index (κ3) is 5.33. The van der Waals surface area contributed by atoms with E-state index in [0.717, 1.165) is 0 Å². The molecule has 0 heteroatoms. The Morgan fingerprint density at radius 3 is 1.45 bits per heavy atom. The summed E-state index contributed by atoms with van der Waals surface area (Å²) in [6, 6.07) is 77.4. The van der Waals surface area contributed by atoms with Crippen molar-refractivity contribution >= 4 is 21.5 Å². The summed E-state index contributed by atoms with van der Waals surface area (Å²) in [5, 5.41) is 5.05. The average Bonchev–Trinajstić information content (AvgIpc) is 3.70. The van der Waals surface area contributed by atoms with Crippen molar-refractivity contribution in [2.75, 3.05) is 0 Å². The molecule has 0 radical (unpaired) electrons. The van der Waals surface area contributed by atoms with Gasteiger partial charge < -0.3 is 0 Å². The van der Waals surface area contributed by atoms with E-state index in [1.165, 1.54) is 122 Å². The normalized spacial score (nSPS) is 14.1. The van der Waals surface area contributed by atoms with Crippen LogP contribution in [0, 0.1) is 0 Å². The van der Waals surface area contributed by atoms with Crippen LogP contribution in [0.1, 0.15) is 49.9 Å². The van der Waals surface area contributed by atoms with Crippen LogP contribution in [0.5, 0.6) is 0 Å². The van der Waals surface area contributed by atoms with Crippen molar-refractivity contribution < 1.29 is 0 Å². The topological polar surface area (TPSA) is 0 Å². The molecule has 0 aliphatic heterocycles. The van der Waals surface area contributed by atoms with E-state index in [1.54, 1.807) is 0 Å². The molecule has 0 fully saturated rings. The predicted octanol–water partition coefficient (Wildman–Crippen LogP) is 16.9. The van der Waals surface area contributed by atoms with Crippen LogP contribution in [0.25, 0.3) is 99.4 Å². The molecule has 0 spiro atoms. The summed E-state index contributed by atoms with van der Waals surface area (Å²) >= 11 is 0. The number of benzene rings is 10. The molecule has 0 aromatic heterocycles. The zero-order valence-corrected chi connectivity index (χ0v) is 35.6. The molecule has 0 saturated carbocycles. The first-order valence-electron chi connectivity index (χ1n) is 22.0. The first-order chi connectivity index (χ1) is 30.3.